The fourth-order valence-corrected chi connectivity index (χ4v) is 6.15. The number of rotatable bonds is 2. The van der Waals surface area contributed by atoms with Gasteiger partial charge in [0.2, 0.25) is 0 Å². The second-order valence-electron chi connectivity index (χ2n) is 7.79. The number of hydrogen-bond acceptors (Lipinski definition) is 5. The van der Waals surface area contributed by atoms with E-state index in [1.165, 1.54) is 12.7 Å². The van der Waals surface area contributed by atoms with E-state index in [2.05, 4.69) is 11.0 Å². The van der Waals surface area contributed by atoms with Gasteiger partial charge in [0.15, 0.2) is 0 Å². The van der Waals surface area contributed by atoms with Crippen LogP contribution in [0.3, 0.4) is 0 Å². The van der Waals surface area contributed by atoms with Crippen molar-refractivity contribution in [3.8, 4) is 0 Å². The maximum absolute atomic E-state index is 13.3. The van der Waals surface area contributed by atoms with E-state index in [1.807, 2.05) is 31.2 Å². The van der Waals surface area contributed by atoms with Gasteiger partial charge in [-0.25, -0.2) is 0 Å². The third-order valence-corrected chi connectivity index (χ3v) is 7.20. The summed E-state index contributed by atoms with van der Waals surface area (Å²) in [5, 5.41) is 0. The van der Waals surface area contributed by atoms with Crippen LogP contribution in [0.4, 0.5) is 5.69 Å². The van der Waals surface area contributed by atoms with E-state index >= 15 is 0 Å². The SMILES string of the molecule is CC=C1CN2CCC34C(=Nc5ccccc53)C2CC1C4(C=O)C(=O)OC. The average Bonchev–Trinajstić information content (AvgIpc) is 3.04. The van der Waals surface area contributed by atoms with Gasteiger partial charge < -0.3 is 9.53 Å². The van der Waals surface area contributed by atoms with E-state index in [4.69, 9.17) is 9.73 Å². The molecular weight excluding hydrogens is 328 g/mol. The summed E-state index contributed by atoms with van der Waals surface area (Å²) in [5.74, 6) is -0.556. The number of piperidine rings is 2. The number of esters is 1. The number of nitrogens with zero attached hydrogens (tertiary/aromatic N) is 2. The number of methoxy groups -OCH3 is 1. The number of aldehydes is 1. The predicted molar refractivity (Wildman–Crippen MR) is 97.6 cm³/mol. The molecule has 1 saturated carbocycles. The topological polar surface area (TPSA) is 59.0 Å². The third kappa shape index (κ3) is 1.51. The molecule has 4 aliphatic rings. The van der Waals surface area contributed by atoms with Gasteiger partial charge in [0, 0.05) is 24.7 Å². The highest BCUT2D eigenvalue weighted by molar-refractivity contribution is 6.15. The van der Waals surface area contributed by atoms with Crippen LogP contribution in [0.1, 0.15) is 25.3 Å². The molecule has 4 unspecified atom stereocenters. The zero-order valence-electron chi connectivity index (χ0n) is 15.1. The summed E-state index contributed by atoms with van der Waals surface area (Å²) in [7, 11) is 1.39. The number of hydrogen-bond donors (Lipinski definition) is 0. The first-order chi connectivity index (χ1) is 12.6. The summed E-state index contributed by atoms with van der Waals surface area (Å²) in [5.41, 5.74) is 2.15. The van der Waals surface area contributed by atoms with Crippen LogP contribution >= 0.6 is 0 Å². The quantitative estimate of drug-likeness (QED) is 0.356. The number of allylic oxidation sites excluding steroid dienone is 1. The van der Waals surface area contributed by atoms with Gasteiger partial charge in [0.1, 0.15) is 11.7 Å². The largest absolute Gasteiger partial charge is 0.468 e. The molecule has 3 fully saturated rings. The highest BCUT2D eigenvalue weighted by atomic mass is 16.5. The van der Waals surface area contributed by atoms with Crippen molar-refractivity contribution in [2.75, 3.05) is 20.2 Å². The Morgan fingerprint density at radius 1 is 1.38 bits per heavy atom. The summed E-state index contributed by atoms with van der Waals surface area (Å²) < 4.78 is 5.27. The molecule has 0 spiro atoms. The minimum atomic E-state index is -1.24. The Balaban J connectivity index is 1.88. The van der Waals surface area contributed by atoms with Gasteiger partial charge in [-0.15, -0.1) is 0 Å². The lowest BCUT2D eigenvalue weighted by Crippen LogP contribution is -2.74. The van der Waals surface area contributed by atoms with Gasteiger partial charge in [-0.05, 0) is 31.4 Å². The Kier molecular flexibility index (Phi) is 3.15. The molecule has 1 aromatic rings. The highest BCUT2D eigenvalue weighted by Crippen LogP contribution is 2.65. The summed E-state index contributed by atoms with van der Waals surface area (Å²) in [6.07, 6.45) is 4.45. The number of carbonyl (C=O) groups is 2. The fraction of sp³-hybridized carbons (Fsp3) is 0.476. The summed E-state index contributed by atoms with van der Waals surface area (Å²) in [6, 6.07) is 8.17. The standard InChI is InChI=1S/C21H22N2O3/c1-3-13-11-23-9-8-20-14-6-4-5-7-16(14)22-18(20)17(23)10-15(13)21(20,12-24)19(25)26-2/h3-7,12,15,17H,8-11H2,1-2H3. The zero-order chi connectivity index (χ0) is 18.1. The maximum atomic E-state index is 13.3. The summed E-state index contributed by atoms with van der Waals surface area (Å²) in [4.78, 5) is 33.5. The molecule has 5 rings (SSSR count). The van der Waals surface area contributed by atoms with Crippen LogP contribution in [-0.4, -0.2) is 49.1 Å². The molecule has 5 nitrogen and oxygen atoms in total. The van der Waals surface area contributed by atoms with Crippen molar-refractivity contribution >= 4 is 23.7 Å². The summed E-state index contributed by atoms with van der Waals surface area (Å²) >= 11 is 0. The molecule has 0 N–H and O–H groups in total. The lowest BCUT2D eigenvalue weighted by Gasteiger charge is -2.62. The zero-order valence-corrected chi connectivity index (χ0v) is 15.1. The number of carbonyl (C=O) groups excluding carboxylic acids is 2. The van der Waals surface area contributed by atoms with Crippen LogP contribution in [0.25, 0.3) is 0 Å². The van der Waals surface area contributed by atoms with E-state index in [0.717, 1.165) is 49.2 Å². The molecule has 26 heavy (non-hydrogen) atoms. The average molecular weight is 350 g/mol. The van der Waals surface area contributed by atoms with E-state index in [0.29, 0.717) is 0 Å². The maximum Gasteiger partial charge on any atom is 0.321 e. The second-order valence-corrected chi connectivity index (χ2v) is 7.79. The molecule has 134 valence electrons. The normalized spacial score (nSPS) is 38.5. The molecule has 0 amide bonds. The van der Waals surface area contributed by atoms with Gasteiger partial charge >= 0.3 is 5.97 Å². The minimum Gasteiger partial charge on any atom is -0.468 e. The number of para-hydroxylation sites is 1. The van der Waals surface area contributed by atoms with Crippen LogP contribution in [0.5, 0.6) is 0 Å². The Hall–Kier alpha value is -2.27. The molecule has 2 saturated heterocycles. The number of ether oxygens (including phenoxy) is 1. The van der Waals surface area contributed by atoms with Crippen LogP contribution in [0.2, 0.25) is 0 Å². The number of fused-ring (bicyclic) bond motifs is 2. The molecule has 3 heterocycles. The van der Waals surface area contributed by atoms with Crippen LogP contribution in [0.15, 0.2) is 40.9 Å². The van der Waals surface area contributed by atoms with Crippen LogP contribution in [-0.2, 0) is 19.7 Å². The second kappa shape index (κ2) is 5.13. The van der Waals surface area contributed by atoms with Gasteiger partial charge in [0.05, 0.1) is 24.3 Å². The van der Waals surface area contributed by atoms with Gasteiger partial charge in [-0.1, -0.05) is 29.8 Å². The Bertz CT molecular complexity index is 889. The first-order valence-corrected chi connectivity index (χ1v) is 9.26. The Morgan fingerprint density at radius 3 is 2.92 bits per heavy atom. The van der Waals surface area contributed by atoms with Crippen molar-refractivity contribution in [3.05, 3.63) is 41.5 Å². The molecule has 3 aliphatic heterocycles. The molecule has 0 aromatic heterocycles. The van der Waals surface area contributed by atoms with Gasteiger partial charge in [-0.3, -0.25) is 14.7 Å². The molecule has 1 aliphatic carbocycles. The molecule has 5 heteroatoms. The lowest BCUT2D eigenvalue weighted by atomic mass is 9.43. The van der Waals surface area contributed by atoms with Gasteiger partial charge in [0.25, 0.3) is 0 Å². The molecule has 4 atom stereocenters. The van der Waals surface area contributed by atoms with E-state index < -0.39 is 16.8 Å². The van der Waals surface area contributed by atoms with Crippen molar-refractivity contribution < 1.29 is 14.3 Å². The molecule has 1 aromatic carbocycles. The van der Waals surface area contributed by atoms with Gasteiger partial charge in [-0.2, -0.15) is 0 Å². The predicted octanol–water partition coefficient (Wildman–Crippen LogP) is 2.42. The van der Waals surface area contributed by atoms with Crippen molar-refractivity contribution in [1.82, 2.24) is 4.90 Å². The van der Waals surface area contributed by atoms with Crippen LogP contribution < -0.4 is 0 Å². The smallest absolute Gasteiger partial charge is 0.321 e. The van der Waals surface area contributed by atoms with E-state index in [-0.39, 0.29) is 12.0 Å². The van der Waals surface area contributed by atoms with E-state index in [9.17, 15) is 9.59 Å². The van der Waals surface area contributed by atoms with Crippen molar-refractivity contribution in [3.63, 3.8) is 0 Å². The first kappa shape index (κ1) is 15.9. The lowest BCUT2D eigenvalue weighted by molar-refractivity contribution is -0.166. The summed E-state index contributed by atoms with van der Waals surface area (Å²) in [6.45, 7) is 3.65. The minimum absolute atomic E-state index is 0.135. The molecule has 0 radical (unpaired) electrons. The van der Waals surface area contributed by atoms with Crippen LogP contribution in [0, 0.1) is 11.3 Å². The number of benzene rings is 1. The highest BCUT2D eigenvalue weighted by Gasteiger charge is 2.73. The van der Waals surface area contributed by atoms with Crippen molar-refractivity contribution in [1.29, 1.82) is 0 Å². The Labute approximate surface area is 152 Å². The molecular formula is C21H22N2O3. The third-order valence-electron chi connectivity index (χ3n) is 7.20. The first-order valence-electron chi connectivity index (χ1n) is 9.26. The van der Waals surface area contributed by atoms with E-state index in [1.54, 1.807) is 0 Å². The Morgan fingerprint density at radius 2 is 2.19 bits per heavy atom. The van der Waals surface area contributed by atoms with Crippen molar-refractivity contribution in [2.24, 2.45) is 16.3 Å². The molecule has 3 bridgehead atoms. The fourth-order valence-electron chi connectivity index (χ4n) is 6.15. The number of aliphatic imine (C=N–C) groups is 1. The van der Waals surface area contributed by atoms with Crippen molar-refractivity contribution in [2.45, 2.75) is 31.2 Å². The monoisotopic (exact) mass is 350 g/mol.